The summed E-state index contributed by atoms with van der Waals surface area (Å²) in [7, 11) is -4.20. The molecule has 2 atom stereocenters. The highest BCUT2D eigenvalue weighted by Gasteiger charge is 2.49. The van der Waals surface area contributed by atoms with Crippen LogP contribution in [0.3, 0.4) is 0 Å². The molecule has 0 bridgehead atoms. The Morgan fingerprint density at radius 3 is 2.20 bits per heavy atom. The molecular weight excluding hydrogens is 509 g/mol. The van der Waals surface area contributed by atoms with Crippen LogP contribution in [0.1, 0.15) is 40.7 Å². The molecule has 182 valence electrons. The Kier molecular flexibility index (Phi) is 7.22. The fourth-order valence-corrected chi connectivity index (χ4v) is 6.26. The number of ketones is 1. The first-order chi connectivity index (χ1) is 16.6. The number of carbonyl (C=O) groups excluding carboxylic acids is 2. The van der Waals surface area contributed by atoms with Crippen LogP contribution in [-0.2, 0) is 19.6 Å². The Labute approximate surface area is 214 Å². The lowest BCUT2D eigenvalue weighted by Crippen LogP contribution is -2.45. The molecule has 9 heteroatoms. The topological polar surface area (TPSA) is 80.8 Å². The summed E-state index contributed by atoms with van der Waals surface area (Å²) < 4.78 is 34.2. The number of carbonyl (C=O) groups is 2. The van der Waals surface area contributed by atoms with Gasteiger partial charge in [-0.2, -0.15) is 0 Å². The van der Waals surface area contributed by atoms with E-state index < -0.39 is 33.7 Å². The summed E-state index contributed by atoms with van der Waals surface area (Å²) in [6.07, 6.45) is -0.174. The monoisotopic (exact) mass is 531 g/mol. The second-order valence-corrected chi connectivity index (χ2v) is 10.9. The van der Waals surface area contributed by atoms with Gasteiger partial charge in [0.25, 0.3) is 10.0 Å². The molecule has 0 fully saturated rings. The summed E-state index contributed by atoms with van der Waals surface area (Å²) >= 11 is 12.3. The largest absolute Gasteiger partial charge is 0.466 e. The zero-order valence-electron chi connectivity index (χ0n) is 19.1. The number of fused-ring (bicyclic) bond motifs is 1. The second kappa shape index (κ2) is 10.0. The van der Waals surface area contributed by atoms with Crippen molar-refractivity contribution in [3.63, 3.8) is 0 Å². The number of ether oxygens (including phenoxy) is 1. The first-order valence-corrected chi connectivity index (χ1v) is 13.2. The molecule has 3 aromatic rings. The van der Waals surface area contributed by atoms with Crippen LogP contribution in [-0.4, -0.2) is 32.8 Å². The fraction of sp³-hybridized carbons (Fsp3) is 0.231. The summed E-state index contributed by atoms with van der Waals surface area (Å²) in [5.74, 6) is -1.76. The summed E-state index contributed by atoms with van der Waals surface area (Å²) in [6.45, 7) is 3.70. The highest BCUT2D eigenvalue weighted by molar-refractivity contribution is 7.93. The molecule has 1 heterocycles. The third-order valence-corrected chi connectivity index (χ3v) is 8.23. The molecule has 0 N–H and O–H groups in total. The number of anilines is 1. The van der Waals surface area contributed by atoms with Gasteiger partial charge < -0.3 is 4.74 Å². The Bertz CT molecular complexity index is 1370. The average molecular weight is 532 g/mol. The highest BCUT2D eigenvalue weighted by Crippen LogP contribution is 2.48. The standard InChI is InChI=1S/C26H23Cl2NO5S/c1-3-34-24(30)15-22-21-13-10-19(28)14-23(21)29(35(32,33)20-11-4-16(2)5-12-20)25(22)26(31)17-6-8-18(27)9-7-17/h4-14,22,25H,3,15H2,1-2H3. The van der Waals surface area contributed by atoms with Gasteiger partial charge in [0.05, 0.1) is 23.6 Å². The molecule has 0 radical (unpaired) electrons. The first kappa shape index (κ1) is 25.2. The molecule has 35 heavy (non-hydrogen) atoms. The van der Waals surface area contributed by atoms with Gasteiger partial charge in [-0.1, -0.05) is 47.0 Å². The van der Waals surface area contributed by atoms with Gasteiger partial charge >= 0.3 is 5.97 Å². The molecule has 0 aliphatic carbocycles. The van der Waals surface area contributed by atoms with Crippen LogP contribution in [0.4, 0.5) is 5.69 Å². The molecule has 0 spiro atoms. The van der Waals surface area contributed by atoms with Gasteiger partial charge in [0, 0.05) is 21.5 Å². The van der Waals surface area contributed by atoms with Crippen molar-refractivity contribution in [1.82, 2.24) is 0 Å². The van der Waals surface area contributed by atoms with Crippen molar-refractivity contribution in [2.24, 2.45) is 0 Å². The van der Waals surface area contributed by atoms with E-state index in [0.717, 1.165) is 9.87 Å². The summed E-state index contributed by atoms with van der Waals surface area (Å²) in [6, 6.07) is 16.1. The van der Waals surface area contributed by atoms with E-state index in [1.807, 2.05) is 6.92 Å². The van der Waals surface area contributed by atoms with E-state index in [0.29, 0.717) is 15.6 Å². The molecule has 0 amide bonds. The van der Waals surface area contributed by atoms with Gasteiger partial charge in [-0.3, -0.25) is 13.9 Å². The number of halogens is 2. The van der Waals surface area contributed by atoms with Gasteiger partial charge in [-0.25, -0.2) is 8.42 Å². The maximum atomic E-state index is 14.0. The average Bonchev–Trinajstić information content (AvgIpc) is 3.13. The van der Waals surface area contributed by atoms with Crippen molar-refractivity contribution in [2.75, 3.05) is 10.9 Å². The lowest BCUT2D eigenvalue weighted by Gasteiger charge is -2.29. The number of rotatable bonds is 7. The third kappa shape index (κ3) is 4.94. The fourth-order valence-electron chi connectivity index (χ4n) is 4.30. The minimum atomic E-state index is -4.20. The van der Waals surface area contributed by atoms with E-state index in [-0.39, 0.29) is 29.2 Å². The predicted molar refractivity (Wildman–Crippen MR) is 136 cm³/mol. The lowest BCUT2D eigenvalue weighted by molar-refractivity contribution is -0.143. The number of nitrogens with zero attached hydrogens (tertiary/aromatic N) is 1. The van der Waals surface area contributed by atoms with E-state index in [1.165, 1.54) is 18.2 Å². The molecule has 0 saturated carbocycles. The smallest absolute Gasteiger partial charge is 0.306 e. The Hall–Kier alpha value is -2.87. The van der Waals surface area contributed by atoms with E-state index in [4.69, 9.17) is 27.9 Å². The summed E-state index contributed by atoms with van der Waals surface area (Å²) in [5.41, 5.74) is 1.96. The zero-order valence-corrected chi connectivity index (χ0v) is 21.4. The summed E-state index contributed by atoms with van der Waals surface area (Å²) in [5, 5.41) is 0.748. The maximum Gasteiger partial charge on any atom is 0.306 e. The minimum Gasteiger partial charge on any atom is -0.466 e. The predicted octanol–water partition coefficient (Wildman–Crippen LogP) is 5.80. The molecule has 2 unspecified atom stereocenters. The van der Waals surface area contributed by atoms with Crippen LogP contribution >= 0.6 is 23.2 Å². The van der Waals surface area contributed by atoms with E-state index >= 15 is 0 Å². The van der Waals surface area contributed by atoms with Gasteiger partial charge in [-0.15, -0.1) is 0 Å². The Morgan fingerprint density at radius 2 is 1.57 bits per heavy atom. The SMILES string of the molecule is CCOC(=O)CC1c2ccc(Cl)cc2N(S(=O)(=O)c2ccc(C)cc2)C1C(=O)c1ccc(Cl)cc1. The van der Waals surface area contributed by atoms with Crippen LogP contribution in [0.2, 0.25) is 10.0 Å². The van der Waals surface area contributed by atoms with Crippen LogP contribution in [0.15, 0.2) is 71.6 Å². The van der Waals surface area contributed by atoms with Gasteiger partial charge in [-0.05, 0) is 67.9 Å². The third-order valence-electron chi connectivity index (χ3n) is 5.93. The van der Waals surface area contributed by atoms with Crippen LogP contribution in [0.5, 0.6) is 0 Å². The van der Waals surface area contributed by atoms with Crippen molar-refractivity contribution >= 4 is 50.7 Å². The van der Waals surface area contributed by atoms with E-state index in [1.54, 1.807) is 55.5 Å². The number of Topliss-reactive ketones (excluding diaryl/α,β-unsaturated/α-hetero) is 1. The van der Waals surface area contributed by atoms with Crippen molar-refractivity contribution in [3.05, 3.63) is 93.5 Å². The second-order valence-electron chi connectivity index (χ2n) is 8.25. The molecule has 6 nitrogen and oxygen atoms in total. The number of esters is 1. The highest BCUT2D eigenvalue weighted by atomic mass is 35.5. The normalized spacial score (nSPS) is 17.2. The van der Waals surface area contributed by atoms with Crippen molar-refractivity contribution in [3.8, 4) is 0 Å². The number of aryl methyl sites for hydroxylation is 1. The lowest BCUT2D eigenvalue weighted by atomic mass is 9.87. The van der Waals surface area contributed by atoms with Crippen molar-refractivity contribution in [2.45, 2.75) is 37.1 Å². The van der Waals surface area contributed by atoms with E-state index in [2.05, 4.69) is 0 Å². The number of benzene rings is 3. The Balaban J connectivity index is 1.92. The number of sulfonamides is 1. The number of hydrogen-bond acceptors (Lipinski definition) is 5. The molecule has 0 aromatic heterocycles. The quantitative estimate of drug-likeness (QED) is 0.284. The molecular formula is C26H23Cl2NO5S. The van der Waals surface area contributed by atoms with E-state index in [9.17, 15) is 18.0 Å². The Morgan fingerprint density at radius 1 is 0.943 bits per heavy atom. The van der Waals surface area contributed by atoms with Gasteiger partial charge in [0.2, 0.25) is 0 Å². The van der Waals surface area contributed by atoms with Gasteiger partial charge in [0.1, 0.15) is 6.04 Å². The van der Waals surface area contributed by atoms with Crippen LogP contribution in [0.25, 0.3) is 0 Å². The minimum absolute atomic E-state index is 0.0275. The van der Waals surface area contributed by atoms with Crippen LogP contribution < -0.4 is 4.31 Å². The number of hydrogen-bond donors (Lipinski definition) is 0. The molecule has 1 aliphatic heterocycles. The molecule has 4 rings (SSSR count). The van der Waals surface area contributed by atoms with Crippen molar-refractivity contribution < 1.29 is 22.7 Å². The summed E-state index contributed by atoms with van der Waals surface area (Å²) in [4.78, 5) is 26.4. The maximum absolute atomic E-state index is 14.0. The van der Waals surface area contributed by atoms with Crippen LogP contribution in [0, 0.1) is 6.92 Å². The molecule has 1 aliphatic rings. The first-order valence-electron chi connectivity index (χ1n) is 11.0. The zero-order chi connectivity index (χ0) is 25.3. The van der Waals surface area contributed by atoms with Gasteiger partial charge in [0.15, 0.2) is 5.78 Å². The molecule has 0 saturated heterocycles. The molecule has 3 aromatic carbocycles. The van der Waals surface area contributed by atoms with Crippen molar-refractivity contribution in [1.29, 1.82) is 0 Å².